The number of carbonyl (C=O) groups excluding carboxylic acids is 1. The summed E-state index contributed by atoms with van der Waals surface area (Å²) in [7, 11) is 1.90. The first-order chi connectivity index (χ1) is 21.6. The summed E-state index contributed by atoms with van der Waals surface area (Å²) in [6, 6.07) is 40.7. The van der Waals surface area contributed by atoms with Crippen molar-refractivity contribution in [1.29, 1.82) is 0 Å². The minimum Gasteiger partial charge on any atom is -0.370 e. The smallest absolute Gasteiger partial charge is 0.226 e. The molecule has 224 valence electrons. The molecule has 0 aliphatic carbocycles. The first kappa shape index (κ1) is 29.4. The van der Waals surface area contributed by atoms with Gasteiger partial charge in [0.15, 0.2) is 0 Å². The maximum Gasteiger partial charge on any atom is 0.226 e. The summed E-state index contributed by atoms with van der Waals surface area (Å²) in [6.45, 7) is 6.13. The molecule has 2 heterocycles. The quantitative estimate of drug-likeness (QED) is 0.165. The Bertz CT molecular complexity index is 1570. The summed E-state index contributed by atoms with van der Waals surface area (Å²) in [5, 5.41) is 0. The van der Waals surface area contributed by atoms with Gasteiger partial charge in [-0.1, -0.05) is 110 Å². The van der Waals surface area contributed by atoms with Crippen molar-refractivity contribution < 1.29 is 4.79 Å². The van der Waals surface area contributed by atoms with Crippen LogP contribution in [0.15, 0.2) is 122 Å². The molecule has 0 N–H and O–H groups in total. The van der Waals surface area contributed by atoms with E-state index in [0.717, 1.165) is 43.7 Å². The number of benzene rings is 4. The predicted molar refractivity (Wildman–Crippen MR) is 181 cm³/mol. The number of nitrogens with zero attached hydrogens (tertiary/aromatic N) is 4. The van der Waals surface area contributed by atoms with Gasteiger partial charge in [-0.3, -0.25) is 4.79 Å². The first-order valence-electron chi connectivity index (χ1n) is 15.9. The highest BCUT2D eigenvalue weighted by atomic mass is 16.2. The number of amides is 1. The molecule has 5 nitrogen and oxygen atoms in total. The second-order valence-electron chi connectivity index (χ2n) is 11.8. The summed E-state index contributed by atoms with van der Waals surface area (Å²) < 4.78 is 2.40. The first-order valence-corrected chi connectivity index (χ1v) is 15.9. The second kappa shape index (κ2) is 12.9. The Hall–Kier alpha value is -4.64. The lowest BCUT2D eigenvalue weighted by Gasteiger charge is -2.39. The monoisotopic (exact) mass is 582 g/mol. The molecule has 5 aromatic rings. The summed E-state index contributed by atoms with van der Waals surface area (Å²) in [5.41, 5.74) is 7.56. The van der Waals surface area contributed by atoms with E-state index in [1.54, 1.807) is 0 Å². The minimum absolute atomic E-state index is 0.162. The maximum absolute atomic E-state index is 12.7. The van der Waals surface area contributed by atoms with Crippen molar-refractivity contribution in [3.8, 4) is 0 Å². The molecular formula is C39H42N4O. The average Bonchev–Trinajstić information content (AvgIpc) is 3.47. The Kier molecular flexibility index (Phi) is 8.65. The van der Waals surface area contributed by atoms with Crippen molar-refractivity contribution in [1.82, 2.24) is 9.55 Å². The summed E-state index contributed by atoms with van der Waals surface area (Å²) in [4.78, 5) is 22.2. The van der Waals surface area contributed by atoms with Crippen LogP contribution in [0, 0.1) is 6.92 Å². The van der Waals surface area contributed by atoms with Crippen LogP contribution in [0.3, 0.4) is 0 Å². The minimum atomic E-state index is -0.561. The van der Waals surface area contributed by atoms with Crippen LogP contribution in [0.2, 0.25) is 0 Å². The van der Waals surface area contributed by atoms with Gasteiger partial charge in [-0.2, -0.15) is 0 Å². The Morgan fingerprint density at radius 2 is 1.30 bits per heavy atom. The molecular weight excluding hydrogens is 540 g/mol. The highest BCUT2D eigenvalue weighted by molar-refractivity contribution is 5.96. The third kappa shape index (κ3) is 5.32. The second-order valence-corrected chi connectivity index (χ2v) is 11.8. The van der Waals surface area contributed by atoms with E-state index in [-0.39, 0.29) is 5.91 Å². The van der Waals surface area contributed by atoms with E-state index in [0.29, 0.717) is 12.3 Å². The van der Waals surface area contributed by atoms with Gasteiger partial charge in [0.25, 0.3) is 0 Å². The van der Waals surface area contributed by atoms with Crippen molar-refractivity contribution in [2.75, 3.05) is 29.9 Å². The van der Waals surface area contributed by atoms with Gasteiger partial charge >= 0.3 is 0 Å². The largest absolute Gasteiger partial charge is 0.370 e. The third-order valence-electron chi connectivity index (χ3n) is 9.28. The highest BCUT2D eigenvalue weighted by Crippen LogP contribution is 2.43. The van der Waals surface area contributed by atoms with Crippen molar-refractivity contribution >= 4 is 17.3 Å². The molecule has 1 aliphatic rings. The van der Waals surface area contributed by atoms with Crippen molar-refractivity contribution in [2.45, 2.75) is 51.0 Å². The van der Waals surface area contributed by atoms with Gasteiger partial charge in [0.1, 0.15) is 5.54 Å². The number of hydrogen-bond acceptors (Lipinski definition) is 3. The van der Waals surface area contributed by atoms with Crippen molar-refractivity contribution in [3.63, 3.8) is 0 Å². The topological polar surface area (TPSA) is 41.4 Å². The molecule has 44 heavy (non-hydrogen) atoms. The molecule has 1 amide bonds. The molecule has 1 aromatic heterocycles. The lowest BCUT2D eigenvalue weighted by Crippen LogP contribution is -2.38. The molecule has 1 fully saturated rings. The van der Waals surface area contributed by atoms with E-state index in [1.165, 1.54) is 28.1 Å². The van der Waals surface area contributed by atoms with Crippen LogP contribution in [0.25, 0.3) is 0 Å². The molecule has 4 aromatic carbocycles. The van der Waals surface area contributed by atoms with Gasteiger partial charge in [-0.25, -0.2) is 4.98 Å². The average molecular weight is 583 g/mol. The van der Waals surface area contributed by atoms with Gasteiger partial charge < -0.3 is 14.4 Å². The molecule has 0 unspecified atom stereocenters. The lowest BCUT2D eigenvalue weighted by molar-refractivity contribution is -0.118. The van der Waals surface area contributed by atoms with Crippen LogP contribution in [0.1, 0.15) is 66.6 Å². The Morgan fingerprint density at radius 1 is 0.795 bits per heavy atom. The van der Waals surface area contributed by atoms with Crippen molar-refractivity contribution in [3.05, 3.63) is 150 Å². The number of aromatic nitrogens is 2. The van der Waals surface area contributed by atoms with Gasteiger partial charge in [-0.15, -0.1) is 0 Å². The number of piperidine rings is 1. The lowest BCUT2D eigenvalue weighted by atomic mass is 9.76. The van der Waals surface area contributed by atoms with Gasteiger partial charge in [0.2, 0.25) is 5.91 Å². The highest BCUT2D eigenvalue weighted by Gasteiger charge is 2.40. The number of hydrogen-bond donors (Lipinski definition) is 0. The number of rotatable bonds is 9. The van der Waals surface area contributed by atoms with Gasteiger partial charge in [-0.05, 0) is 55.0 Å². The summed E-state index contributed by atoms with van der Waals surface area (Å²) in [6.07, 6.45) is 5.49. The third-order valence-corrected chi connectivity index (χ3v) is 9.28. The fourth-order valence-electron chi connectivity index (χ4n) is 7.04. The molecule has 1 aliphatic heterocycles. The molecule has 0 bridgehead atoms. The number of carbonyl (C=O) groups is 1. The van der Waals surface area contributed by atoms with E-state index in [9.17, 15) is 4.79 Å². The zero-order valence-corrected chi connectivity index (χ0v) is 26.1. The van der Waals surface area contributed by atoms with Crippen molar-refractivity contribution in [2.24, 2.45) is 0 Å². The molecule has 0 radical (unpaired) electrons. The van der Waals surface area contributed by atoms with Crippen LogP contribution < -0.4 is 9.80 Å². The van der Waals surface area contributed by atoms with E-state index >= 15 is 0 Å². The van der Waals surface area contributed by atoms with E-state index in [2.05, 4.69) is 139 Å². The normalized spacial score (nSPS) is 14.0. The number of para-hydroxylation sites is 2. The molecule has 5 heteroatoms. The maximum atomic E-state index is 12.7. The Balaban J connectivity index is 1.35. The van der Waals surface area contributed by atoms with Crippen LogP contribution in [0.4, 0.5) is 11.4 Å². The molecule has 6 rings (SSSR count). The molecule has 1 saturated heterocycles. The zero-order chi connectivity index (χ0) is 30.5. The Morgan fingerprint density at radius 3 is 1.82 bits per heavy atom. The molecule has 0 spiro atoms. The molecule has 0 saturated carbocycles. The summed E-state index contributed by atoms with van der Waals surface area (Å²) >= 11 is 0. The van der Waals surface area contributed by atoms with E-state index < -0.39 is 5.54 Å². The zero-order valence-electron chi connectivity index (χ0n) is 26.1. The van der Waals surface area contributed by atoms with Gasteiger partial charge in [0, 0.05) is 38.2 Å². The van der Waals surface area contributed by atoms with Crippen LogP contribution >= 0.6 is 0 Å². The van der Waals surface area contributed by atoms with Crippen LogP contribution in [0.5, 0.6) is 0 Å². The van der Waals surface area contributed by atoms with Crippen LogP contribution in [-0.4, -0.2) is 35.6 Å². The number of anilines is 2. The predicted octanol–water partition coefficient (Wildman–Crippen LogP) is 8.18. The Labute approximate surface area is 261 Å². The van der Waals surface area contributed by atoms with Gasteiger partial charge in [0.05, 0.1) is 23.4 Å². The summed E-state index contributed by atoms with van der Waals surface area (Å²) in [5.74, 6) is 0.522. The standard InChI is InChI=1S/C39H42N4O/c1-4-16-37(44)41(3)35-23-14-15-24-36(35)42-27-25-31(26-28-42)38-30(2)43(29-40-38)39(32-17-8-5-9-18-32,33-19-10-6-11-20-33)34-21-12-7-13-22-34/h5-15,17-24,29,31H,4,16,25-28H2,1-3H3. The van der Waals surface area contributed by atoms with Crippen LogP contribution in [-0.2, 0) is 10.3 Å². The molecule has 0 atom stereocenters. The van der Waals surface area contributed by atoms with E-state index in [1.807, 2.05) is 18.0 Å². The number of imidazole rings is 1. The van der Waals surface area contributed by atoms with E-state index in [4.69, 9.17) is 4.98 Å². The fourth-order valence-corrected chi connectivity index (χ4v) is 7.04. The fraction of sp³-hybridized carbons (Fsp3) is 0.282. The SMILES string of the molecule is CCCC(=O)N(C)c1ccccc1N1CCC(c2ncn(C(c3ccccc3)(c3ccccc3)c3ccccc3)c2C)CC1.